The van der Waals surface area contributed by atoms with Crippen molar-refractivity contribution in [3.05, 3.63) is 47.1 Å². The first-order valence-corrected chi connectivity index (χ1v) is 10.6. The summed E-state index contributed by atoms with van der Waals surface area (Å²) in [5.74, 6) is 0.858. The van der Waals surface area contributed by atoms with Gasteiger partial charge in [-0.2, -0.15) is 0 Å². The smallest absolute Gasteiger partial charge is 0.226 e. The van der Waals surface area contributed by atoms with Crippen LogP contribution in [0.4, 0.5) is 5.13 Å². The maximum Gasteiger partial charge on any atom is 0.226 e. The van der Waals surface area contributed by atoms with Crippen molar-refractivity contribution in [1.29, 1.82) is 0 Å². The minimum Gasteiger partial charge on any atom is -0.361 e. The van der Waals surface area contributed by atoms with E-state index in [1.807, 2.05) is 18.3 Å². The first-order valence-electron chi connectivity index (χ1n) is 9.69. The molecular weight excluding hydrogens is 356 g/mol. The molecule has 3 aromatic rings. The van der Waals surface area contributed by atoms with Gasteiger partial charge in [-0.25, -0.2) is 4.98 Å². The van der Waals surface area contributed by atoms with Crippen LogP contribution in [0.25, 0.3) is 10.9 Å². The highest BCUT2D eigenvalue weighted by molar-refractivity contribution is 7.13. The fraction of sp³-hybridized carbons (Fsp3) is 0.429. The van der Waals surface area contributed by atoms with Crippen molar-refractivity contribution < 1.29 is 4.79 Å². The predicted octanol–water partition coefficient (Wildman–Crippen LogP) is 4.43. The van der Waals surface area contributed by atoms with Gasteiger partial charge in [0.2, 0.25) is 5.91 Å². The van der Waals surface area contributed by atoms with Crippen LogP contribution in [0.1, 0.15) is 37.4 Å². The number of piperidine rings is 1. The van der Waals surface area contributed by atoms with Gasteiger partial charge in [0.15, 0.2) is 5.13 Å². The number of aromatic nitrogens is 2. The third-order valence-corrected chi connectivity index (χ3v) is 6.16. The number of aromatic amines is 1. The van der Waals surface area contributed by atoms with Crippen molar-refractivity contribution in [2.75, 3.05) is 18.4 Å². The van der Waals surface area contributed by atoms with Gasteiger partial charge in [-0.1, -0.05) is 25.1 Å². The molecule has 4 rings (SSSR count). The zero-order valence-corrected chi connectivity index (χ0v) is 16.5. The van der Waals surface area contributed by atoms with E-state index in [0.717, 1.165) is 43.2 Å². The van der Waals surface area contributed by atoms with Crippen LogP contribution in [0.2, 0.25) is 0 Å². The van der Waals surface area contributed by atoms with E-state index in [0.29, 0.717) is 11.6 Å². The molecule has 27 heavy (non-hydrogen) atoms. The first kappa shape index (κ1) is 18.2. The molecule has 0 atom stereocenters. The molecule has 1 amide bonds. The lowest BCUT2D eigenvalue weighted by molar-refractivity contribution is -0.116. The van der Waals surface area contributed by atoms with Crippen molar-refractivity contribution in [1.82, 2.24) is 14.9 Å². The van der Waals surface area contributed by atoms with E-state index < -0.39 is 0 Å². The van der Waals surface area contributed by atoms with Crippen LogP contribution in [-0.2, 0) is 17.8 Å². The summed E-state index contributed by atoms with van der Waals surface area (Å²) in [6.45, 7) is 5.49. The van der Waals surface area contributed by atoms with Crippen molar-refractivity contribution in [3.8, 4) is 0 Å². The molecule has 2 aromatic heterocycles. The van der Waals surface area contributed by atoms with Crippen LogP contribution in [0, 0.1) is 5.92 Å². The molecule has 6 heteroatoms. The van der Waals surface area contributed by atoms with E-state index in [1.165, 1.54) is 35.1 Å². The Labute approximate surface area is 163 Å². The second kappa shape index (κ2) is 8.23. The zero-order valence-electron chi connectivity index (χ0n) is 15.7. The summed E-state index contributed by atoms with van der Waals surface area (Å²) >= 11 is 1.52. The predicted molar refractivity (Wildman–Crippen MR) is 111 cm³/mol. The Kier molecular flexibility index (Phi) is 5.55. The van der Waals surface area contributed by atoms with Crippen LogP contribution in [0.3, 0.4) is 0 Å². The average molecular weight is 383 g/mol. The Bertz CT molecular complexity index is 908. The minimum atomic E-state index is 0.0213. The summed E-state index contributed by atoms with van der Waals surface area (Å²) < 4.78 is 0. The van der Waals surface area contributed by atoms with Crippen molar-refractivity contribution >= 4 is 33.3 Å². The molecule has 1 aromatic carbocycles. The lowest BCUT2D eigenvalue weighted by Gasteiger charge is -2.29. The molecule has 2 N–H and O–H groups in total. The number of thiazole rings is 1. The van der Waals surface area contributed by atoms with Gasteiger partial charge in [-0.15, -0.1) is 11.3 Å². The Morgan fingerprint density at radius 2 is 2.15 bits per heavy atom. The number of para-hydroxylation sites is 1. The standard InChI is InChI=1S/C21H26N4OS/c1-15-8-10-25(11-9-15)13-17-14-27-21(23-17)24-20(26)7-6-16-12-22-19-5-3-2-4-18(16)19/h2-5,12,14-15,22H,6-11,13H2,1H3,(H,23,24,26). The van der Waals surface area contributed by atoms with Gasteiger partial charge < -0.3 is 10.3 Å². The van der Waals surface area contributed by atoms with E-state index in [-0.39, 0.29) is 5.91 Å². The van der Waals surface area contributed by atoms with Crippen molar-refractivity contribution in [3.63, 3.8) is 0 Å². The molecule has 0 spiro atoms. The lowest BCUT2D eigenvalue weighted by atomic mass is 9.99. The van der Waals surface area contributed by atoms with E-state index in [1.54, 1.807) is 0 Å². The number of carbonyl (C=O) groups excluding carboxylic acids is 1. The van der Waals surface area contributed by atoms with Gasteiger partial charge in [0.25, 0.3) is 0 Å². The van der Waals surface area contributed by atoms with Gasteiger partial charge in [0.05, 0.1) is 5.69 Å². The highest BCUT2D eigenvalue weighted by Crippen LogP contribution is 2.22. The van der Waals surface area contributed by atoms with Gasteiger partial charge >= 0.3 is 0 Å². The van der Waals surface area contributed by atoms with Crippen LogP contribution in [0.15, 0.2) is 35.8 Å². The normalized spacial score (nSPS) is 16.0. The van der Waals surface area contributed by atoms with Crippen LogP contribution >= 0.6 is 11.3 Å². The lowest BCUT2D eigenvalue weighted by Crippen LogP contribution is -2.32. The Hall–Kier alpha value is -2.18. The number of anilines is 1. The van der Waals surface area contributed by atoms with E-state index >= 15 is 0 Å². The first-order chi connectivity index (χ1) is 13.2. The van der Waals surface area contributed by atoms with E-state index in [9.17, 15) is 4.79 Å². The fourth-order valence-corrected chi connectivity index (χ4v) is 4.37. The van der Waals surface area contributed by atoms with Crippen LogP contribution in [-0.4, -0.2) is 33.9 Å². The fourth-order valence-electron chi connectivity index (χ4n) is 3.65. The number of nitrogens with zero attached hydrogens (tertiary/aromatic N) is 2. The Morgan fingerprint density at radius 1 is 1.33 bits per heavy atom. The summed E-state index contributed by atoms with van der Waals surface area (Å²) in [7, 11) is 0. The van der Waals surface area contributed by atoms with Crippen LogP contribution in [0.5, 0.6) is 0 Å². The summed E-state index contributed by atoms with van der Waals surface area (Å²) in [5, 5.41) is 6.92. The van der Waals surface area contributed by atoms with Crippen LogP contribution < -0.4 is 5.32 Å². The number of amides is 1. The summed E-state index contributed by atoms with van der Waals surface area (Å²) in [4.78, 5) is 22.6. The summed E-state index contributed by atoms with van der Waals surface area (Å²) in [6, 6.07) is 8.19. The molecule has 0 aliphatic carbocycles. The van der Waals surface area contributed by atoms with Crippen molar-refractivity contribution in [2.24, 2.45) is 5.92 Å². The molecule has 1 aliphatic heterocycles. The molecule has 1 aliphatic rings. The number of aryl methyl sites for hydroxylation is 1. The highest BCUT2D eigenvalue weighted by atomic mass is 32.1. The number of fused-ring (bicyclic) bond motifs is 1. The number of H-pyrrole nitrogens is 1. The van der Waals surface area contributed by atoms with Gasteiger partial charge in [-0.05, 0) is 49.9 Å². The second-order valence-electron chi connectivity index (χ2n) is 7.51. The maximum absolute atomic E-state index is 12.3. The minimum absolute atomic E-state index is 0.0213. The monoisotopic (exact) mass is 382 g/mol. The largest absolute Gasteiger partial charge is 0.361 e. The van der Waals surface area contributed by atoms with Crippen molar-refractivity contribution in [2.45, 2.75) is 39.2 Å². The Balaban J connectivity index is 1.28. The third kappa shape index (κ3) is 4.57. The highest BCUT2D eigenvalue weighted by Gasteiger charge is 2.17. The molecule has 1 fully saturated rings. The number of hydrogen-bond donors (Lipinski definition) is 2. The number of likely N-dealkylation sites (tertiary alicyclic amines) is 1. The number of carbonyl (C=O) groups is 1. The van der Waals surface area contributed by atoms with Gasteiger partial charge in [-0.3, -0.25) is 9.69 Å². The molecule has 3 heterocycles. The zero-order chi connectivity index (χ0) is 18.6. The maximum atomic E-state index is 12.3. The molecule has 0 unspecified atom stereocenters. The number of rotatable bonds is 6. The molecular formula is C21H26N4OS. The quantitative estimate of drug-likeness (QED) is 0.663. The van der Waals surface area contributed by atoms with Gasteiger partial charge in [0.1, 0.15) is 0 Å². The topological polar surface area (TPSA) is 61.0 Å². The summed E-state index contributed by atoms with van der Waals surface area (Å²) in [5.41, 5.74) is 3.35. The number of hydrogen-bond acceptors (Lipinski definition) is 4. The Morgan fingerprint density at radius 3 is 3.00 bits per heavy atom. The molecule has 1 saturated heterocycles. The molecule has 142 valence electrons. The van der Waals surface area contributed by atoms with E-state index in [4.69, 9.17) is 0 Å². The molecule has 5 nitrogen and oxygen atoms in total. The SMILES string of the molecule is CC1CCN(Cc2csc(NC(=O)CCc3c[nH]c4ccccc34)n2)CC1. The third-order valence-electron chi connectivity index (χ3n) is 5.36. The van der Waals surface area contributed by atoms with E-state index in [2.05, 4.69) is 44.6 Å². The number of nitrogens with one attached hydrogen (secondary N) is 2. The summed E-state index contributed by atoms with van der Waals surface area (Å²) in [6.07, 6.45) is 5.71. The average Bonchev–Trinajstić information content (AvgIpc) is 3.29. The number of benzene rings is 1. The van der Waals surface area contributed by atoms with Gasteiger partial charge in [0, 0.05) is 35.4 Å². The molecule has 0 bridgehead atoms. The molecule has 0 saturated carbocycles. The second-order valence-corrected chi connectivity index (χ2v) is 8.37. The molecule has 0 radical (unpaired) electrons.